The molecule has 1 amide bonds. The molecule has 0 spiro atoms. The van der Waals surface area contributed by atoms with Crippen molar-refractivity contribution in [3.8, 4) is 0 Å². The van der Waals surface area contributed by atoms with Gasteiger partial charge in [-0.2, -0.15) is 5.10 Å². The zero-order chi connectivity index (χ0) is 15.6. The molecule has 6 nitrogen and oxygen atoms in total. The highest BCUT2D eigenvalue weighted by Crippen LogP contribution is 2.25. The summed E-state index contributed by atoms with van der Waals surface area (Å²) in [4.78, 5) is 17.4. The van der Waals surface area contributed by atoms with Crippen LogP contribution in [0, 0.1) is 0 Å². The van der Waals surface area contributed by atoms with Gasteiger partial charge in [-0.3, -0.25) is 9.89 Å². The zero-order valence-corrected chi connectivity index (χ0v) is 13.2. The summed E-state index contributed by atoms with van der Waals surface area (Å²) in [6, 6.07) is 9.89. The molecule has 7 heteroatoms. The van der Waals surface area contributed by atoms with Crippen LogP contribution in [-0.4, -0.2) is 34.3 Å². The van der Waals surface area contributed by atoms with Gasteiger partial charge < -0.3 is 10.1 Å². The summed E-state index contributed by atoms with van der Waals surface area (Å²) in [5, 5.41) is 11.1. The fourth-order valence-electron chi connectivity index (χ4n) is 2.65. The van der Waals surface area contributed by atoms with Crippen LogP contribution < -0.4 is 5.32 Å². The number of benzene rings is 1. The van der Waals surface area contributed by atoms with Crippen LogP contribution in [0.1, 0.15) is 33.7 Å². The number of rotatable bonds is 4. The largest absolute Gasteiger partial charge is 0.381 e. The third kappa shape index (κ3) is 2.97. The number of H-pyrrole nitrogens is 1. The van der Waals surface area contributed by atoms with Crippen molar-refractivity contribution in [3.05, 3.63) is 46.9 Å². The maximum Gasteiger partial charge on any atom is 0.261 e. The second-order valence-corrected chi connectivity index (χ2v) is 6.62. The van der Waals surface area contributed by atoms with Crippen molar-refractivity contribution in [2.24, 2.45) is 0 Å². The van der Waals surface area contributed by atoms with E-state index in [0.717, 1.165) is 28.9 Å². The quantitative estimate of drug-likeness (QED) is 0.771. The number of thiophene rings is 1. The lowest BCUT2D eigenvalue weighted by molar-refractivity contribution is 0.0954. The van der Waals surface area contributed by atoms with Crippen LogP contribution in [0.5, 0.6) is 0 Å². The minimum absolute atomic E-state index is 0.0895. The van der Waals surface area contributed by atoms with Gasteiger partial charge in [0.2, 0.25) is 0 Å². The number of ether oxygens (including phenoxy) is 1. The molecule has 3 aromatic rings. The maximum absolute atomic E-state index is 12.3. The molecule has 2 aromatic heterocycles. The van der Waals surface area contributed by atoms with Crippen LogP contribution >= 0.6 is 11.3 Å². The highest BCUT2D eigenvalue weighted by Gasteiger charge is 2.22. The van der Waals surface area contributed by atoms with Crippen LogP contribution in [0.2, 0.25) is 0 Å². The Morgan fingerprint density at radius 2 is 2.35 bits per heavy atom. The third-order valence-corrected chi connectivity index (χ3v) is 5.02. The average molecular weight is 328 g/mol. The molecule has 1 atom stereocenters. The van der Waals surface area contributed by atoms with Gasteiger partial charge in [-0.25, -0.2) is 4.98 Å². The van der Waals surface area contributed by atoms with Crippen molar-refractivity contribution in [1.82, 2.24) is 20.5 Å². The monoisotopic (exact) mass is 328 g/mol. The Balaban J connectivity index is 1.41. The third-order valence-electron chi connectivity index (χ3n) is 3.91. The topological polar surface area (TPSA) is 79.9 Å². The first-order valence-electron chi connectivity index (χ1n) is 7.55. The SMILES string of the molecule is O=C(NCc1nc(C2CCOC2)n[nH]1)c1cc2ccccc2s1. The first kappa shape index (κ1) is 14.3. The molecule has 1 aliphatic rings. The van der Waals surface area contributed by atoms with Gasteiger partial charge in [0, 0.05) is 17.2 Å². The fourth-order valence-corrected chi connectivity index (χ4v) is 3.63. The average Bonchev–Trinajstić information content (AvgIpc) is 3.31. The molecule has 4 rings (SSSR count). The molecule has 0 radical (unpaired) electrons. The lowest BCUT2D eigenvalue weighted by Gasteiger charge is -2.00. The molecular formula is C16H16N4O2S. The number of carbonyl (C=O) groups is 1. The fraction of sp³-hybridized carbons (Fsp3) is 0.312. The van der Waals surface area contributed by atoms with Gasteiger partial charge in [-0.05, 0) is 23.9 Å². The minimum Gasteiger partial charge on any atom is -0.381 e. The number of amides is 1. The van der Waals surface area contributed by atoms with Crippen LogP contribution in [0.15, 0.2) is 30.3 Å². The normalized spacial score (nSPS) is 17.7. The predicted molar refractivity (Wildman–Crippen MR) is 87.6 cm³/mol. The molecule has 0 bridgehead atoms. The van der Waals surface area contributed by atoms with Crippen molar-refractivity contribution in [3.63, 3.8) is 0 Å². The number of fused-ring (bicyclic) bond motifs is 1. The van der Waals surface area contributed by atoms with E-state index in [-0.39, 0.29) is 11.8 Å². The maximum atomic E-state index is 12.3. The predicted octanol–water partition coefficient (Wildman–Crippen LogP) is 2.45. The minimum atomic E-state index is -0.0895. The molecule has 1 unspecified atom stereocenters. The molecule has 0 aliphatic carbocycles. The van der Waals surface area contributed by atoms with Crippen molar-refractivity contribution in [2.45, 2.75) is 18.9 Å². The van der Waals surface area contributed by atoms with Crippen LogP contribution in [-0.2, 0) is 11.3 Å². The number of aromatic amines is 1. The molecule has 1 saturated heterocycles. The summed E-state index contributed by atoms with van der Waals surface area (Å²) in [7, 11) is 0. The number of hydrogen-bond acceptors (Lipinski definition) is 5. The summed E-state index contributed by atoms with van der Waals surface area (Å²) < 4.78 is 6.46. The van der Waals surface area contributed by atoms with E-state index < -0.39 is 0 Å². The Labute approximate surface area is 136 Å². The second-order valence-electron chi connectivity index (χ2n) is 5.53. The summed E-state index contributed by atoms with van der Waals surface area (Å²) in [6.45, 7) is 1.77. The molecular weight excluding hydrogens is 312 g/mol. The van der Waals surface area contributed by atoms with Crippen molar-refractivity contribution in [1.29, 1.82) is 0 Å². The summed E-state index contributed by atoms with van der Waals surface area (Å²) in [5.74, 6) is 1.61. The molecule has 2 N–H and O–H groups in total. The molecule has 1 aromatic carbocycles. The molecule has 1 aliphatic heterocycles. The van der Waals surface area contributed by atoms with E-state index >= 15 is 0 Å². The van der Waals surface area contributed by atoms with Gasteiger partial charge in [-0.1, -0.05) is 18.2 Å². The summed E-state index contributed by atoms with van der Waals surface area (Å²) in [6.07, 6.45) is 0.950. The number of nitrogens with one attached hydrogen (secondary N) is 2. The van der Waals surface area contributed by atoms with Crippen LogP contribution in [0.25, 0.3) is 10.1 Å². The first-order valence-corrected chi connectivity index (χ1v) is 8.37. The van der Waals surface area contributed by atoms with E-state index in [2.05, 4.69) is 20.5 Å². The summed E-state index contributed by atoms with van der Waals surface area (Å²) in [5.41, 5.74) is 0. The van der Waals surface area contributed by atoms with E-state index in [1.54, 1.807) is 0 Å². The Morgan fingerprint density at radius 3 is 3.17 bits per heavy atom. The lowest BCUT2D eigenvalue weighted by atomic mass is 10.1. The van der Waals surface area contributed by atoms with E-state index in [1.807, 2.05) is 30.3 Å². The van der Waals surface area contributed by atoms with E-state index in [0.29, 0.717) is 23.9 Å². The molecule has 1 fully saturated rings. The van der Waals surface area contributed by atoms with Gasteiger partial charge in [0.25, 0.3) is 5.91 Å². The molecule has 3 heterocycles. The van der Waals surface area contributed by atoms with Crippen molar-refractivity contribution in [2.75, 3.05) is 13.2 Å². The molecule has 0 saturated carbocycles. The van der Waals surface area contributed by atoms with Gasteiger partial charge in [0.15, 0.2) is 5.82 Å². The van der Waals surface area contributed by atoms with Gasteiger partial charge in [0.05, 0.1) is 18.0 Å². The van der Waals surface area contributed by atoms with Crippen molar-refractivity contribution >= 4 is 27.3 Å². The second kappa shape index (κ2) is 6.10. The van der Waals surface area contributed by atoms with E-state index in [4.69, 9.17) is 4.74 Å². The molecule has 118 valence electrons. The Hall–Kier alpha value is -2.25. The smallest absolute Gasteiger partial charge is 0.261 e. The van der Waals surface area contributed by atoms with Gasteiger partial charge in [-0.15, -0.1) is 11.3 Å². The van der Waals surface area contributed by atoms with Crippen molar-refractivity contribution < 1.29 is 9.53 Å². The van der Waals surface area contributed by atoms with Crippen LogP contribution in [0.3, 0.4) is 0 Å². The Morgan fingerprint density at radius 1 is 1.43 bits per heavy atom. The van der Waals surface area contributed by atoms with Gasteiger partial charge in [0.1, 0.15) is 5.82 Å². The Kier molecular flexibility index (Phi) is 3.80. The first-order chi connectivity index (χ1) is 11.3. The number of nitrogens with zero attached hydrogens (tertiary/aromatic N) is 2. The van der Waals surface area contributed by atoms with E-state index in [1.165, 1.54) is 11.3 Å². The standard InChI is InChI=1S/C16H16N4O2S/c21-16(13-7-10-3-1-2-4-12(10)23-13)17-8-14-18-15(20-19-14)11-5-6-22-9-11/h1-4,7,11H,5-6,8-9H2,(H,17,21)(H,18,19,20). The van der Waals surface area contributed by atoms with Crippen LogP contribution in [0.4, 0.5) is 0 Å². The number of hydrogen-bond donors (Lipinski definition) is 2. The highest BCUT2D eigenvalue weighted by molar-refractivity contribution is 7.20. The van der Waals surface area contributed by atoms with E-state index in [9.17, 15) is 4.79 Å². The number of aromatic nitrogens is 3. The number of carbonyl (C=O) groups excluding carboxylic acids is 1. The zero-order valence-electron chi connectivity index (χ0n) is 12.4. The highest BCUT2D eigenvalue weighted by atomic mass is 32.1. The summed E-state index contributed by atoms with van der Waals surface area (Å²) >= 11 is 1.49. The Bertz CT molecular complexity index is 802. The molecule has 23 heavy (non-hydrogen) atoms. The van der Waals surface area contributed by atoms with Gasteiger partial charge >= 0.3 is 0 Å². The lowest BCUT2D eigenvalue weighted by Crippen LogP contribution is -2.22.